The van der Waals surface area contributed by atoms with Crippen LogP contribution in [0.25, 0.3) is 16.5 Å². The lowest BCUT2D eigenvalue weighted by atomic mass is 9.97. The zero-order valence-electron chi connectivity index (χ0n) is 17.5. The first-order valence-corrected chi connectivity index (χ1v) is 10.4. The minimum absolute atomic E-state index is 0.00124. The summed E-state index contributed by atoms with van der Waals surface area (Å²) in [7, 11) is 0. The first-order chi connectivity index (χ1) is 14.9. The summed E-state index contributed by atoms with van der Waals surface area (Å²) in [6, 6.07) is 15.7. The second-order valence-electron chi connectivity index (χ2n) is 7.75. The molecule has 0 bridgehead atoms. The molecular weight excluding hydrogens is 415 g/mol. The summed E-state index contributed by atoms with van der Waals surface area (Å²) in [5, 5.41) is 1.12. The zero-order chi connectivity index (χ0) is 22.1. The van der Waals surface area contributed by atoms with Crippen molar-refractivity contribution in [2.45, 2.75) is 33.3 Å². The predicted octanol–water partition coefficient (Wildman–Crippen LogP) is 6.19. The average Bonchev–Trinajstić information content (AvgIpc) is 2.74. The number of fused-ring (bicyclic) bond motifs is 1. The largest absolute Gasteiger partial charge is 0.473 e. The molecule has 0 saturated heterocycles. The van der Waals surface area contributed by atoms with Gasteiger partial charge in [-0.1, -0.05) is 61.8 Å². The van der Waals surface area contributed by atoms with Crippen LogP contribution in [0.2, 0.25) is 5.15 Å². The number of pyridine rings is 2. The van der Waals surface area contributed by atoms with Crippen molar-refractivity contribution in [2.75, 3.05) is 0 Å². The molecule has 0 amide bonds. The summed E-state index contributed by atoms with van der Waals surface area (Å²) in [6.07, 6.45) is 1.58. The minimum Gasteiger partial charge on any atom is -0.473 e. The molecule has 0 N–H and O–H groups in total. The van der Waals surface area contributed by atoms with E-state index < -0.39 is 11.4 Å². The van der Waals surface area contributed by atoms with Crippen LogP contribution in [0.1, 0.15) is 36.5 Å². The fraction of sp³-hybridized carbons (Fsp3) is 0.200. The van der Waals surface area contributed by atoms with Crippen molar-refractivity contribution in [1.29, 1.82) is 0 Å². The maximum absolute atomic E-state index is 14.1. The lowest BCUT2D eigenvalue weighted by Crippen LogP contribution is -2.24. The van der Waals surface area contributed by atoms with Gasteiger partial charge in [0.25, 0.3) is 5.56 Å². The standard InChI is InChI=1S/C25H22ClFN2O2/c1-15(2)21-19-10-9-18(27)13-20(19)24(30)29(22-16(3)11-12-28-23(22)26)25(21)31-14-17-7-5-4-6-8-17/h4-13,15H,14H2,1-3H3. The topological polar surface area (TPSA) is 44.1 Å². The molecule has 2 aromatic carbocycles. The molecular formula is C25H22ClFN2O2. The predicted molar refractivity (Wildman–Crippen MR) is 122 cm³/mol. The van der Waals surface area contributed by atoms with Crippen LogP contribution in [-0.2, 0) is 6.61 Å². The molecule has 0 aliphatic rings. The van der Waals surface area contributed by atoms with Crippen LogP contribution in [0.4, 0.5) is 4.39 Å². The lowest BCUT2D eigenvalue weighted by Gasteiger charge is -2.23. The van der Waals surface area contributed by atoms with Gasteiger partial charge in [0.1, 0.15) is 12.4 Å². The van der Waals surface area contributed by atoms with Gasteiger partial charge in [0, 0.05) is 11.8 Å². The highest BCUT2D eigenvalue weighted by atomic mass is 35.5. The molecule has 0 spiro atoms. The van der Waals surface area contributed by atoms with Crippen molar-refractivity contribution >= 4 is 22.4 Å². The number of aromatic nitrogens is 2. The van der Waals surface area contributed by atoms with Crippen LogP contribution in [0.3, 0.4) is 0 Å². The number of hydrogen-bond donors (Lipinski definition) is 0. The Bertz CT molecular complexity index is 1300. The number of nitrogens with zero attached hydrogens (tertiary/aromatic N) is 2. The number of rotatable bonds is 5. The Morgan fingerprint density at radius 2 is 1.84 bits per heavy atom. The maximum atomic E-state index is 14.1. The number of aryl methyl sites for hydroxylation is 1. The Labute approximate surface area is 184 Å². The zero-order valence-corrected chi connectivity index (χ0v) is 18.3. The van der Waals surface area contributed by atoms with E-state index in [1.165, 1.54) is 16.7 Å². The van der Waals surface area contributed by atoms with Gasteiger partial charge in [0.2, 0.25) is 5.88 Å². The molecule has 0 fully saturated rings. The van der Waals surface area contributed by atoms with E-state index in [0.717, 1.165) is 16.7 Å². The third-order valence-corrected chi connectivity index (χ3v) is 5.52. The van der Waals surface area contributed by atoms with Gasteiger partial charge in [-0.15, -0.1) is 0 Å². The third-order valence-electron chi connectivity index (χ3n) is 5.24. The highest BCUT2D eigenvalue weighted by Gasteiger charge is 2.24. The number of ether oxygens (including phenoxy) is 1. The quantitative estimate of drug-likeness (QED) is 0.350. The van der Waals surface area contributed by atoms with Crippen LogP contribution in [0.5, 0.6) is 5.88 Å². The Kier molecular flexibility index (Phi) is 5.79. The van der Waals surface area contributed by atoms with Gasteiger partial charge >= 0.3 is 0 Å². The summed E-state index contributed by atoms with van der Waals surface area (Å²) in [6.45, 7) is 6.14. The molecule has 158 valence electrons. The van der Waals surface area contributed by atoms with E-state index in [0.29, 0.717) is 17.0 Å². The van der Waals surface area contributed by atoms with Gasteiger partial charge in [-0.05, 0) is 47.6 Å². The molecule has 0 aliphatic carbocycles. The van der Waals surface area contributed by atoms with Crippen molar-refractivity contribution in [3.05, 3.63) is 98.8 Å². The van der Waals surface area contributed by atoms with E-state index in [4.69, 9.17) is 16.3 Å². The van der Waals surface area contributed by atoms with E-state index in [1.807, 2.05) is 51.1 Å². The summed E-state index contributed by atoms with van der Waals surface area (Å²) >= 11 is 6.44. The SMILES string of the molecule is Cc1ccnc(Cl)c1-n1c(OCc2ccccc2)c(C(C)C)c2ccc(F)cc2c1=O. The smallest absolute Gasteiger partial charge is 0.266 e. The number of hydrogen-bond acceptors (Lipinski definition) is 3. The third kappa shape index (κ3) is 3.93. The van der Waals surface area contributed by atoms with E-state index in [-0.39, 0.29) is 23.1 Å². The van der Waals surface area contributed by atoms with Crippen molar-refractivity contribution in [3.8, 4) is 11.6 Å². The Hall–Kier alpha value is -3.18. The van der Waals surface area contributed by atoms with Gasteiger partial charge in [0.15, 0.2) is 5.15 Å². The Morgan fingerprint density at radius 1 is 1.10 bits per heavy atom. The Balaban J connectivity index is 2.07. The molecule has 2 aromatic heterocycles. The second-order valence-corrected chi connectivity index (χ2v) is 8.10. The van der Waals surface area contributed by atoms with Crippen LogP contribution < -0.4 is 10.3 Å². The molecule has 4 rings (SSSR count). The summed E-state index contributed by atoms with van der Waals surface area (Å²) in [4.78, 5) is 17.8. The molecule has 0 radical (unpaired) electrons. The van der Waals surface area contributed by atoms with Crippen molar-refractivity contribution < 1.29 is 9.13 Å². The summed E-state index contributed by atoms with van der Waals surface area (Å²) in [5.74, 6) is -0.0832. The molecule has 6 heteroatoms. The maximum Gasteiger partial charge on any atom is 0.266 e. The van der Waals surface area contributed by atoms with Gasteiger partial charge < -0.3 is 4.74 Å². The molecule has 0 aliphatic heterocycles. The minimum atomic E-state index is -0.474. The molecule has 0 saturated carbocycles. The summed E-state index contributed by atoms with van der Waals surface area (Å²) < 4.78 is 21.8. The van der Waals surface area contributed by atoms with Gasteiger partial charge in [-0.2, -0.15) is 0 Å². The van der Waals surface area contributed by atoms with E-state index in [9.17, 15) is 9.18 Å². The van der Waals surface area contributed by atoms with Crippen LogP contribution in [0.15, 0.2) is 65.6 Å². The average molecular weight is 437 g/mol. The van der Waals surface area contributed by atoms with E-state index in [2.05, 4.69) is 4.98 Å². The first-order valence-electron chi connectivity index (χ1n) is 10.0. The highest BCUT2D eigenvalue weighted by Crippen LogP contribution is 2.36. The van der Waals surface area contributed by atoms with Gasteiger partial charge in [-0.3, -0.25) is 4.79 Å². The number of halogens is 2. The molecule has 31 heavy (non-hydrogen) atoms. The fourth-order valence-corrected chi connectivity index (χ4v) is 4.08. The summed E-state index contributed by atoms with van der Waals surface area (Å²) in [5.41, 5.74) is 2.57. The Morgan fingerprint density at radius 3 is 2.52 bits per heavy atom. The van der Waals surface area contributed by atoms with Crippen molar-refractivity contribution in [3.63, 3.8) is 0 Å². The van der Waals surface area contributed by atoms with E-state index in [1.54, 1.807) is 18.3 Å². The number of benzene rings is 2. The lowest BCUT2D eigenvalue weighted by molar-refractivity contribution is 0.281. The second kappa shape index (κ2) is 8.52. The van der Waals surface area contributed by atoms with Crippen molar-refractivity contribution in [2.24, 2.45) is 0 Å². The molecule has 4 aromatic rings. The van der Waals surface area contributed by atoms with Gasteiger partial charge in [-0.25, -0.2) is 13.9 Å². The normalized spacial score (nSPS) is 11.3. The monoisotopic (exact) mass is 436 g/mol. The van der Waals surface area contributed by atoms with Crippen LogP contribution >= 0.6 is 11.6 Å². The van der Waals surface area contributed by atoms with Gasteiger partial charge in [0.05, 0.1) is 11.1 Å². The first kappa shape index (κ1) is 21.1. The molecule has 4 nitrogen and oxygen atoms in total. The fourth-order valence-electron chi connectivity index (χ4n) is 3.79. The van der Waals surface area contributed by atoms with Crippen LogP contribution in [0, 0.1) is 12.7 Å². The molecule has 0 unspecified atom stereocenters. The molecule has 2 heterocycles. The highest BCUT2D eigenvalue weighted by molar-refractivity contribution is 6.31. The van der Waals surface area contributed by atoms with Crippen LogP contribution in [-0.4, -0.2) is 9.55 Å². The molecule has 0 atom stereocenters. The van der Waals surface area contributed by atoms with Crippen molar-refractivity contribution in [1.82, 2.24) is 9.55 Å². The van der Waals surface area contributed by atoms with E-state index >= 15 is 0 Å².